The first-order chi connectivity index (χ1) is 6.83. The van der Waals surface area contributed by atoms with Crippen LogP contribution in [0.4, 0.5) is 0 Å². The van der Waals surface area contributed by atoms with Crippen molar-refractivity contribution in [3.63, 3.8) is 0 Å². The van der Waals surface area contributed by atoms with Crippen molar-refractivity contribution in [2.75, 3.05) is 6.54 Å². The van der Waals surface area contributed by atoms with Crippen LogP contribution >= 0.6 is 12.2 Å². The van der Waals surface area contributed by atoms with E-state index in [4.69, 9.17) is 18.1 Å². The molecule has 0 amide bonds. The fourth-order valence-electron chi connectivity index (χ4n) is 1.09. The van der Waals surface area contributed by atoms with E-state index in [0.29, 0.717) is 5.11 Å². The summed E-state index contributed by atoms with van der Waals surface area (Å²) < 4.78 is 2.06. The number of aryl methyl sites for hydroxylation is 1. The number of imidazole rings is 1. The van der Waals surface area contributed by atoms with Crippen LogP contribution in [0.5, 0.6) is 0 Å². The van der Waals surface area contributed by atoms with Crippen molar-refractivity contribution < 1.29 is 0 Å². The molecule has 0 spiro atoms. The number of thiocarbonyl (C=S) groups is 1. The van der Waals surface area contributed by atoms with Gasteiger partial charge in [-0.3, -0.25) is 0 Å². The van der Waals surface area contributed by atoms with Gasteiger partial charge in [-0.05, 0) is 25.1 Å². The van der Waals surface area contributed by atoms with Gasteiger partial charge in [-0.25, -0.2) is 10.8 Å². The average molecular weight is 213 g/mol. The number of hydrazine groups is 1. The lowest BCUT2D eigenvalue weighted by molar-refractivity contribution is 0.601. The molecule has 0 unspecified atom stereocenters. The molecule has 0 atom stereocenters. The van der Waals surface area contributed by atoms with Crippen LogP contribution in [0.1, 0.15) is 12.8 Å². The van der Waals surface area contributed by atoms with Crippen molar-refractivity contribution in [2.45, 2.75) is 19.4 Å². The molecule has 1 aromatic heterocycles. The van der Waals surface area contributed by atoms with Gasteiger partial charge in [0.2, 0.25) is 0 Å². The number of nitrogens with zero attached hydrogens (tertiary/aromatic N) is 2. The molecular weight excluding hydrogens is 198 g/mol. The maximum atomic E-state index is 5.10. The highest BCUT2D eigenvalue weighted by Crippen LogP contribution is 1.93. The molecule has 0 aliphatic rings. The van der Waals surface area contributed by atoms with Crippen molar-refractivity contribution in [2.24, 2.45) is 5.84 Å². The van der Waals surface area contributed by atoms with Gasteiger partial charge in [-0.2, -0.15) is 0 Å². The number of nitrogens with one attached hydrogen (secondary N) is 2. The number of rotatable bonds is 5. The van der Waals surface area contributed by atoms with Gasteiger partial charge >= 0.3 is 0 Å². The fourth-order valence-corrected chi connectivity index (χ4v) is 1.19. The van der Waals surface area contributed by atoms with Crippen LogP contribution in [0.15, 0.2) is 18.7 Å². The summed E-state index contributed by atoms with van der Waals surface area (Å²) in [6, 6.07) is 0. The minimum absolute atomic E-state index is 0.493. The zero-order chi connectivity index (χ0) is 10.2. The summed E-state index contributed by atoms with van der Waals surface area (Å²) in [5, 5.41) is 3.48. The molecule has 0 saturated heterocycles. The van der Waals surface area contributed by atoms with Gasteiger partial charge in [0.25, 0.3) is 0 Å². The van der Waals surface area contributed by atoms with Crippen molar-refractivity contribution in [1.29, 1.82) is 0 Å². The standard InChI is InChI=1S/C8H15N5S/c9-12-8(14)11-3-1-2-5-13-6-4-10-7-13/h4,6-7H,1-3,5,9H2,(H2,11,12,14). The summed E-state index contributed by atoms with van der Waals surface area (Å²) in [7, 11) is 0. The molecule has 4 N–H and O–H groups in total. The van der Waals surface area contributed by atoms with Gasteiger partial charge in [0.1, 0.15) is 0 Å². The second-order valence-electron chi connectivity index (χ2n) is 2.91. The van der Waals surface area contributed by atoms with Crippen LogP contribution in [0.2, 0.25) is 0 Å². The molecule has 0 saturated carbocycles. The molecule has 6 heteroatoms. The second kappa shape index (κ2) is 6.33. The fraction of sp³-hybridized carbons (Fsp3) is 0.500. The van der Waals surface area contributed by atoms with E-state index in [2.05, 4.69) is 20.3 Å². The molecule has 0 radical (unpaired) electrons. The molecule has 1 rings (SSSR count). The molecule has 1 heterocycles. The van der Waals surface area contributed by atoms with Gasteiger partial charge in [-0.15, -0.1) is 0 Å². The Morgan fingerprint density at radius 2 is 2.36 bits per heavy atom. The molecule has 0 bridgehead atoms. The first-order valence-corrected chi connectivity index (χ1v) is 4.94. The van der Waals surface area contributed by atoms with E-state index in [1.165, 1.54) is 0 Å². The highest BCUT2D eigenvalue weighted by Gasteiger charge is 1.92. The molecule has 5 nitrogen and oxygen atoms in total. The minimum Gasteiger partial charge on any atom is -0.362 e. The molecule has 0 aliphatic carbocycles. The van der Waals surface area contributed by atoms with Crippen LogP contribution in [0.3, 0.4) is 0 Å². The summed E-state index contributed by atoms with van der Waals surface area (Å²) in [6.07, 6.45) is 7.71. The van der Waals surface area contributed by atoms with Crippen molar-refractivity contribution in [3.8, 4) is 0 Å². The zero-order valence-electron chi connectivity index (χ0n) is 7.94. The summed E-state index contributed by atoms with van der Waals surface area (Å²) >= 11 is 4.82. The highest BCUT2D eigenvalue weighted by molar-refractivity contribution is 7.80. The van der Waals surface area contributed by atoms with Gasteiger partial charge in [-0.1, -0.05) is 0 Å². The summed E-state index contributed by atoms with van der Waals surface area (Å²) in [4.78, 5) is 3.96. The quantitative estimate of drug-likeness (QED) is 0.278. The molecule has 0 aromatic carbocycles. The van der Waals surface area contributed by atoms with Gasteiger partial charge in [0.15, 0.2) is 5.11 Å². The zero-order valence-corrected chi connectivity index (χ0v) is 8.76. The number of aromatic nitrogens is 2. The Balaban J connectivity index is 1.97. The monoisotopic (exact) mass is 213 g/mol. The van der Waals surface area contributed by atoms with Crippen LogP contribution in [-0.4, -0.2) is 21.2 Å². The van der Waals surface area contributed by atoms with Crippen LogP contribution < -0.4 is 16.6 Å². The molecule has 0 aliphatic heterocycles. The van der Waals surface area contributed by atoms with E-state index < -0.39 is 0 Å². The number of nitrogens with two attached hydrogens (primary N) is 1. The second-order valence-corrected chi connectivity index (χ2v) is 3.32. The van der Waals surface area contributed by atoms with E-state index in [0.717, 1.165) is 25.9 Å². The third kappa shape index (κ3) is 4.20. The van der Waals surface area contributed by atoms with Gasteiger partial charge in [0.05, 0.1) is 6.33 Å². The number of unbranched alkanes of at least 4 members (excludes halogenated alkanes) is 1. The largest absolute Gasteiger partial charge is 0.362 e. The van der Waals surface area contributed by atoms with E-state index in [9.17, 15) is 0 Å². The normalized spacial score (nSPS) is 9.79. The minimum atomic E-state index is 0.493. The van der Waals surface area contributed by atoms with Gasteiger partial charge in [0, 0.05) is 25.5 Å². The first kappa shape index (κ1) is 10.9. The lowest BCUT2D eigenvalue weighted by Crippen LogP contribution is -2.39. The summed E-state index contributed by atoms with van der Waals surface area (Å²) in [5.41, 5.74) is 2.37. The molecule has 14 heavy (non-hydrogen) atoms. The Bertz CT molecular complexity index is 259. The van der Waals surface area contributed by atoms with E-state index >= 15 is 0 Å². The number of hydrogen-bond donors (Lipinski definition) is 3. The predicted octanol–water partition coefficient (Wildman–Crippen LogP) is 0.00110. The van der Waals surface area contributed by atoms with Crippen LogP contribution in [0, 0.1) is 0 Å². The average Bonchev–Trinajstić information content (AvgIpc) is 2.69. The number of hydrogen-bond acceptors (Lipinski definition) is 3. The van der Waals surface area contributed by atoms with Crippen LogP contribution in [-0.2, 0) is 6.54 Å². The van der Waals surface area contributed by atoms with Crippen molar-refractivity contribution >= 4 is 17.3 Å². The Labute approximate surface area is 88.7 Å². The smallest absolute Gasteiger partial charge is 0.180 e. The molecule has 0 fully saturated rings. The molecular formula is C8H15N5S. The lowest BCUT2D eigenvalue weighted by atomic mass is 10.3. The Morgan fingerprint density at radius 3 is 3.00 bits per heavy atom. The highest BCUT2D eigenvalue weighted by atomic mass is 32.1. The molecule has 78 valence electrons. The third-order valence-corrected chi connectivity index (χ3v) is 2.08. The SMILES string of the molecule is NNC(=S)NCCCCn1ccnc1. The van der Waals surface area contributed by atoms with E-state index in [1.54, 1.807) is 6.20 Å². The Hall–Kier alpha value is -1.14. The summed E-state index contributed by atoms with van der Waals surface area (Å²) in [5.74, 6) is 5.10. The van der Waals surface area contributed by atoms with Crippen molar-refractivity contribution in [3.05, 3.63) is 18.7 Å². The van der Waals surface area contributed by atoms with E-state index in [-0.39, 0.29) is 0 Å². The lowest BCUT2D eigenvalue weighted by Gasteiger charge is -2.06. The van der Waals surface area contributed by atoms with E-state index in [1.807, 2.05) is 12.5 Å². The van der Waals surface area contributed by atoms with Crippen LogP contribution in [0.25, 0.3) is 0 Å². The summed E-state index contributed by atoms with van der Waals surface area (Å²) in [6.45, 7) is 1.84. The third-order valence-electron chi connectivity index (χ3n) is 1.82. The Kier molecular flexibility index (Phi) is 4.95. The maximum Gasteiger partial charge on any atom is 0.180 e. The predicted molar refractivity (Wildman–Crippen MR) is 59.4 cm³/mol. The van der Waals surface area contributed by atoms with Crippen molar-refractivity contribution in [1.82, 2.24) is 20.3 Å². The Morgan fingerprint density at radius 1 is 1.50 bits per heavy atom. The topological polar surface area (TPSA) is 67.9 Å². The first-order valence-electron chi connectivity index (χ1n) is 4.53. The maximum absolute atomic E-state index is 5.10. The molecule has 1 aromatic rings. The van der Waals surface area contributed by atoms with Gasteiger partial charge < -0.3 is 15.3 Å².